The maximum atomic E-state index is 13.6. The number of benzene rings is 1. The SMILES string of the molecule is CNC[C@@H]1CCN(C(=O)c2cc(F)cc3[nH]cnc23)C1. The molecule has 0 radical (unpaired) electrons. The zero-order valence-electron chi connectivity index (χ0n) is 11.3. The van der Waals surface area contributed by atoms with Crippen LogP contribution in [0.25, 0.3) is 11.0 Å². The Hall–Kier alpha value is -1.95. The van der Waals surface area contributed by atoms with Crippen molar-refractivity contribution >= 4 is 16.9 Å². The Morgan fingerprint density at radius 3 is 3.25 bits per heavy atom. The van der Waals surface area contributed by atoms with Crippen molar-refractivity contribution in [3.05, 3.63) is 29.8 Å². The first-order chi connectivity index (χ1) is 9.69. The average Bonchev–Trinajstić information content (AvgIpc) is 3.06. The first-order valence-electron chi connectivity index (χ1n) is 6.75. The first kappa shape index (κ1) is 13.1. The van der Waals surface area contributed by atoms with Gasteiger partial charge < -0.3 is 15.2 Å². The highest BCUT2D eigenvalue weighted by molar-refractivity contribution is 6.04. The molecule has 1 saturated heterocycles. The maximum Gasteiger partial charge on any atom is 0.256 e. The molecule has 3 rings (SSSR count). The summed E-state index contributed by atoms with van der Waals surface area (Å²) < 4.78 is 13.6. The van der Waals surface area contributed by atoms with Gasteiger partial charge in [-0.2, -0.15) is 0 Å². The van der Waals surface area contributed by atoms with Gasteiger partial charge in [0.15, 0.2) is 0 Å². The summed E-state index contributed by atoms with van der Waals surface area (Å²) in [6.45, 7) is 2.32. The van der Waals surface area contributed by atoms with Crippen LogP contribution in [-0.2, 0) is 0 Å². The van der Waals surface area contributed by atoms with E-state index in [-0.39, 0.29) is 5.91 Å². The van der Waals surface area contributed by atoms with E-state index in [0.717, 1.165) is 13.0 Å². The van der Waals surface area contributed by atoms with Crippen molar-refractivity contribution in [1.82, 2.24) is 20.2 Å². The summed E-state index contributed by atoms with van der Waals surface area (Å²) >= 11 is 0. The van der Waals surface area contributed by atoms with Gasteiger partial charge in [0.2, 0.25) is 0 Å². The van der Waals surface area contributed by atoms with Crippen molar-refractivity contribution in [2.45, 2.75) is 6.42 Å². The second kappa shape index (κ2) is 5.20. The Kier molecular flexibility index (Phi) is 3.40. The highest BCUT2D eigenvalue weighted by Gasteiger charge is 2.28. The van der Waals surface area contributed by atoms with Gasteiger partial charge >= 0.3 is 0 Å². The second-order valence-corrected chi connectivity index (χ2v) is 5.22. The van der Waals surface area contributed by atoms with Gasteiger partial charge in [-0.15, -0.1) is 0 Å². The molecule has 20 heavy (non-hydrogen) atoms. The van der Waals surface area contributed by atoms with Crippen LogP contribution in [0.4, 0.5) is 4.39 Å². The number of aromatic amines is 1. The zero-order chi connectivity index (χ0) is 14.1. The third kappa shape index (κ3) is 2.27. The third-order valence-electron chi connectivity index (χ3n) is 3.78. The minimum absolute atomic E-state index is 0.139. The van der Waals surface area contributed by atoms with Gasteiger partial charge in [0.1, 0.15) is 11.3 Å². The number of likely N-dealkylation sites (tertiary alicyclic amines) is 1. The van der Waals surface area contributed by atoms with Crippen molar-refractivity contribution in [2.24, 2.45) is 5.92 Å². The number of hydrogen-bond donors (Lipinski definition) is 2. The van der Waals surface area contributed by atoms with Crippen LogP contribution in [0.3, 0.4) is 0 Å². The molecule has 0 unspecified atom stereocenters. The van der Waals surface area contributed by atoms with E-state index in [2.05, 4.69) is 15.3 Å². The molecule has 1 aromatic heterocycles. The Labute approximate surface area is 116 Å². The molecule has 2 heterocycles. The van der Waals surface area contributed by atoms with Gasteiger partial charge in [-0.3, -0.25) is 4.79 Å². The number of fused-ring (bicyclic) bond motifs is 1. The molecule has 106 valence electrons. The molecule has 1 atom stereocenters. The van der Waals surface area contributed by atoms with E-state index >= 15 is 0 Å². The summed E-state index contributed by atoms with van der Waals surface area (Å²) in [5.41, 5.74) is 1.43. The van der Waals surface area contributed by atoms with Crippen LogP contribution in [0, 0.1) is 11.7 Å². The molecule has 0 spiro atoms. The van der Waals surface area contributed by atoms with E-state index in [1.165, 1.54) is 18.5 Å². The molecule has 1 aliphatic heterocycles. The number of amides is 1. The van der Waals surface area contributed by atoms with E-state index in [1.54, 1.807) is 4.90 Å². The van der Waals surface area contributed by atoms with Gasteiger partial charge in [0, 0.05) is 13.1 Å². The lowest BCUT2D eigenvalue weighted by atomic mass is 10.1. The van der Waals surface area contributed by atoms with Gasteiger partial charge in [0.05, 0.1) is 17.4 Å². The molecule has 1 aromatic carbocycles. The third-order valence-corrected chi connectivity index (χ3v) is 3.78. The molecule has 0 saturated carbocycles. The van der Waals surface area contributed by atoms with E-state index in [4.69, 9.17) is 0 Å². The molecule has 0 bridgehead atoms. The van der Waals surface area contributed by atoms with Gasteiger partial charge in [0.25, 0.3) is 5.91 Å². The number of hydrogen-bond acceptors (Lipinski definition) is 3. The minimum atomic E-state index is -0.420. The average molecular weight is 276 g/mol. The minimum Gasteiger partial charge on any atom is -0.344 e. The predicted molar refractivity (Wildman–Crippen MR) is 74.0 cm³/mol. The molecule has 5 nitrogen and oxygen atoms in total. The molecular weight excluding hydrogens is 259 g/mol. The zero-order valence-corrected chi connectivity index (χ0v) is 11.3. The van der Waals surface area contributed by atoms with Crippen molar-refractivity contribution < 1.29 is 9.18 Å². The Morgan fingerprint density at radius 1 is 1.60 bits per heavy atom. The maximum absolute atomic E-state index is 13.6. The predicted octanol–water partition coefficient (Wildman–Crippen LogP) is 1.38. The summed E-state index contributed by atoms with van der Waals surface area (Å²) in [6.07, 6.45) is 2.46. The smallest absolute Gasteiger partial charge is 0.256 e. The fourth-order valence-corrected chi connectivity index (χ4v) is 2.82. The van der Waals surface area contributed by atoms with E-state index < -0.39 is 5.82 Å². The van der Waals surface area contributed by atoms with Crippen LogP contribution in [0.1, 0.15) is 16.8 Å². The number of nitrogens with zero attached hydrogens (tertiary/aromatic N) is 2. The van der Waals surface area contributed by atoms with E-state index in [9.17, 15) is 9.18 Å². The normalized spacial score (nSPS) is 18.9. The fraction of sp³-hybridized carbons (Fsp3) is 0.429. The largest absolute Gasteiger partial charge is 0.344 e. The highest BCUT2D eigenvalue weighted by atomic mass is 19.1. The molecule has 1 fully saturated rings. The molecule has 1 amide bonds. The summed E-state index contributed by atoms with van der Waals surface area (Å²) in [5, 5.41) is 3.13. The number of carbonyl (C=O) groups excluding carboxylic acids is 1. The van der Waals surface area contributed by atoms with Crippen LogP contribution in [0.15, 0.2) is 18.5 Å². The van der Waals surface area contributed by atoms with Crippen LogP contribution in [0.2, 0.25) is 0 Å². The molecule has 2 N–H and O–H groups in total. The number of H-pyrrole nitrogens is 1. The monoisotopic (exact) mass is 276 g/mol. The van der Waals surface area contributed by atoms with Crippen LogP contribution in [0.5, 0.6) is 0 Å². The van der Waals surface area contributed by atoms with Crippen LogP contribution < -0.4 is 5.32 Å². The molecule has 6 heteroatoms. The van der Waals surface area contributed by atoms with Gasteiger partial charge in [-0.25, -0.2) is 9.37 Å². The molecular formula is C14H17FN4O. The topological polar surface area (TPSA) is 61.0 Å². The first-order valence-corrected chi connectivity index (χ1v) is 6.75. The Morgan fingerprint density at radius 2 is 2.45 bits per heavy atom. The van der Waals surface area contributed by atoms with Crippen LogP contribution >= 0.6 is 0 Å². The summed E-state index contributed by atoms with van der Waals surface area (Å²) in [6, 6.07) is 2.63. The number of imidazole rings is 1. The lowest BCUT2D eigenvalue weighted by molar-refractivity contribution is 0.0788. The fourth-order valence-electron chi connectivity index (χ4n) is 2.82. The van der Waals surface area contributed by atoms with Gasteiger partial charge in [-0.05, 0) is 38.1 Å². The summed E-state index contributed by atoms with van der Waals surface area (Å²) in [7, 11) is 1.91. The van der Waals surface area contributed by atoms with E-state index in [1.807, 2.05) is 7.05 Å². The summed E-state index contributed by atoms with van der Waals surface area (Å²) in [4.78, 5) is 21.3. The lowest BCUT2D eigenvalue weighted by Crippen LogP contribution is -2.30. The number of aromatic nitrogens is 2. The van der Waals surface area contributed by atoms with Crippen molar-refractivity contribution in [1.29, 1.82) is 0 Å². The van der Waals surface area contributed by atoms with Gasteiger partial charge in [-0.1, -0.05) is 0 Å². The Bertz CT molecular complexity index is 639. The number of nitrogens with one attached hydrogen (secondary N) is 2. The molecule has 0 aliphatic carbocycles. The highest BCUT2D eigenvalue weighted by Crippen LogP contribution is 2.22. The van der Waals surface area contributed by atoms with Crippen molar-refractivity contribution in [3.63, 3.8) is 0 Å². The van der Waals surface area contributed by atoms with Crippen LogP contribution in [-0.4, -0.2) is 47.5 Å². The molecule has 1 aliphatic rings. The molecule has 2 aromatic rings. The van der Waals surface area contributed by atoms with E-state index in [0.29, 0.717) is 35.6 Å². The standard InChI is InChI=1S/C14H17FN4O/c1-16-6-9-2-3-19(7-9)14(20)11-4-10(15)5-12-13(11)18-8-17-12/h4-5,8-9,16H,2-3,6-7H2,1H3,(H,17,18)/t9-/m0/s1. The second-order valence-electron chi connectivity index (χ2n) is 5.22. The lowest BCUT2D eigenvalue weighted by Gasteiger charge is -2.17. The number of carbonyl (C=O) groups is 1. The quantitative estimate of drug-likeness (QED) is 0.890. The van der Waals surface area contributed by atoms with Crippen molar-refractivity contribution in [2.75, 3.05) is 26.7 Å². The number of rotatable bonds is 3. The van der Waals surface area contributed by atoms with Crippen molar-refractivity contribution in [3.8, 4) is 0 Å². The Balaban J connectivity index is 1.88. The number of halogens is 1. The summed E-state index contributed by atoms with van der Waals surface area (Å²) in [5.74, 6) is -0.0940.